The summed E-state index contributed by atoms with van der Waals surface area (Å²) in [6, 6.07) is 13.8. The molecule has 2 aromatic carbocycles. The Kier molecular flexibility index (Phi) is 4.23. The second-order valence-corrected chi connectivity index (χ2v) is 5.57. The number of benzene rings is 2. The Morgan fingerprint density at radius 3 is 2.15 bits per heavy atom. The molecule has 0 aliphatic carbocycles. The first-order valence-corrected chi connectivity index (χ1v) is 6.92. The van der Waals surface area contributed by atoms with Gasteiger partial charge in [-0.15, -0.1) is 0 Å². The lowest BCUT2D eigenvalue weighted by Crippen LogP contribution is -2.06. The van der Waals surface area contributed by atoms with Crippen LogP contribution in [0.2, 0.25) is 0 Å². The summed E-state index contributed by atoms with van der Waals surface area (Å²) in [5.41, 5.74) is 10.7. The molecule has 0 aromatic heterocycles. The number of nitrogens with two attached hydrogens (primary N) is 1. The van der Waals surface area contributed by atoms with Crippen LogP contribution in [-0.2, 0) is 0 Å². The zero-order valence-electron chi connectivity index (χ0n) is 12.3. The minimum atomic E-state index is 0.195. The Morgan fingerprint density at radius 2 is 1.60 bits per heavy atom. The number of carbonyl (C=O) groups excluding carboxylic acids is 1. The predicted octanol–water partition coefficient (Wildman–Crippen LogP) is 4.26. The second kappa shape index (κ2) is 5.91. The molecule has 0 spiro atoms. The summed E-state index contributed by atoms with van der Waals surface area (Å²) in [6.45, 7) is 6.12. The number of hydrogen-bond acceptors (Lipinski definition) is 2. The second-order valence-electron chi connectivity index (χ2n) is 5.57. The third-order valence-corrected chi connectivity index (χ3v) is 3.54. The lowest BCUT2D eigenvalue weighted by molar-refractivity contribution is 0.0975. The van der Waals surface area contributed by atoms with Crippen molar-refractivity contribution in [1.82, 2.24) is 0 Å². The van der Waals surface area contributed by atoms with Crippen LogP contribution in [0.15, 0.2) is 42.5 Å². The van der Waals surface area contributed by atoms with Gasteiger partial charge >= 0.3 is 0 Å². The van der Waals surface area contributed by atoms with E-state index in [0.717, 1.165) is 27.9 Å². The van der Waals surface area contributed by atoms with Gasteiger partial charge in [0, 0.05) is 17.7 Å². The Bertz CT molecular complexity index is 594. The van der Waals surface area contributed by atoms with E-state index in [-0.39, 0.29) is 11.7 Å². The van der Waals surface area contributed by atoms with Gasteiger partial charge in [-0.25, -0.2) is 0 Å². The molecule has 1 unspecified atom stereocenters. The molecular formula is C18H21NO. The van der Waals surface area contributed by atoms with E-state index in [1.54, 1.807) is 0 Å². The van der Waals surface area contributed by atoms with Gasteiger partial charge < -0.3 is 5.73 Å². The minimum absolute atomic E-state index is 0.195. The largest absolute Gasteiger partial charge is 0.399 e. The summed E-state index contributed by atoms with van der Waals surface area (Å²) in [4.78, 5) is 12.4. The first kappa shape index (κ1) is 14.3. The van der Waals surface area contributed by atoms with E-state index in [4.69, 9.17) is 5.73 Å². The van der Waals surface area contributed by atoms with Gasteiger partial charge in [-0.05, 0) is 49.6 Å². The summed E-state index contributed by atoms with van der Waals surface area (Å²) in [5.74, 6) is 0.394. The number of aryl methyl sites for hydroxylation is 2. The highest BCUT2D eigenvalue weighted by atomic mass is 16.1. The standard InChI is InChI=1S/C18H21NO/c1-12-8-13(2)10-16(9-12)18(20)11-14(3)15-4-6-17(19)7-5-15/h4-10,14H,11,19H2,1-3H3. The molecule has 2 aromatic rings. The molecule has 0 aliphatic heterocycles. The van der Waals surface area contributed by atoms with Gasteiger partial charge in [0.2, 0.25) is 0 Å². The molecule has 2 nitrogen and oxygen atoms in total. The molecule has 0 saturated heterocycles. The molecule has 2 rings (SSSR count). The van der Waals surface area contributed by atoms with Gasteiger partial charge in [-0.3, -0.25) is 4.79 Å². The van der Waals surface area contributed by atoms with Crippen LogP contribution in [-0.4, -0.2) is 5.78 Å². The summed E-state index contributed by atoms with van der Waals surface area (Å²) in [7, 11) is 0. The van der Waals surface area contributed by atoms with Crippen LogP contribution < -0.4 is 5.73 Å². The Morgan fingerprint density at radius 1 is 1.05 bits per heavy atom. The van der Waals surface area contributed by atoms with Gasteiger partial charge in [0.15, 0.2) is 5.78 Å². The van der Waals surface area contributed by atoms with Crippen molar-refractivity contribution < 1.29 is 4.79 Å². The SMILES string of the molecule is Cc1cc(C)cc(C(=O)CC(C)c2ccc(N)cc2)c1. The number of rotatable bonds is 4. The zero-order chi connectivity index (χ0) is 14.7. The predicted molar refractivity (Wildman–Crippen MR) is 84.1 cm³/mol. The molecule has 0 radical (unpaired) electrons. The van der Waals surface area contributed by atoms with Gasteiger partial charge in [0.25, 0.3) is 0 Å². The Labute approximate surface area is 120 Å². The molecule has 20 heavy (non-hydrogen) atoms. The van der Waals surface area contributed by atoms with Crippen LogP contribution in [0.25, 0.3) is 0 Å². The van der Waals surface area contributed by atoms with Crippen LogP contribution in [0.1, 0.15) is 46.3 Å². The Hall–Kier alpha value is -2.09. The number of ketones is 1. The maximum absolute atomic E-state index is 12.4. The highest BCUT2D eigenvalue weighted by molar-refractivity contribution is 5.96. The van der Waals surface area contributed by atoms with Crippen molar-refractivity contribution in [2.75, 3.05) is 5.73 Å². The van der Waals surface area contributed by atoms with E-state index in [2.05, 4.69) is 13.0 Å². The fourth-order valence-corrected chi connectivity index (χ4v) is 2.47. The van der Waals surface area contributed by atoms with Gasteiger partial charge in [0.05, 0.1) is 0 Å². The highest BCUT2D eigenvalue weighted by Gasteiger charge is 2.13. The first-order valence-electron chi connectivity index (χ1n) is 6.92. The van der Waals surface area contributed by atoms with Gasteiger partial charge in [-0.2, -0.15) is 0 Å². The molecule has 0 bridgehead atoms. The average Bonchev–Trinajstić information content (AvgIpc) is 2.38. The maximum Gasteiger partial charge on any atom is 0.163 e. The van der Waals surface area contributed by atoms with E-state index in [1.165, 1.54) is 0 Å². The monoisotopic (exact) mass is 267 g/mol. The normalized spacial score (nSPS) is 12.2. The van der Waals surface area contributed by atoms with E-state index < -0.39 is 0 Å². The summed E-state index contributed by atoms with van der Waals surface area (Å²) >= 11 is 0. The molecule has 0 saturated carbocycles. The van der Waals surface area contributed by atoms with Crippen molar-refractivity contribution in [3.8, 4) is 0 Å². The fourth-order valence-electron chi connectivity index (χ4n) is 2.47. The van der Waals surface area contributed by atoms with Crippen LogP contribution in [0.4, 0.5) is 5.69 Å². The van der Waals surface area contributed by atoms with Crippen molar-refractivity contribution in [3.05, 3.63) is 64.7 Å². The van der Waals surface area contributed by atoms with Crippen molar-refractivity contribution in [2.45, 2.75) is 33.1 Å². The van der Waals surface area contributed by atoms with Gasteiger partial charge in [-0.1, -0.05) is 36.2 Å². The average molecular weight is 267 g/mol. The molecule has 0 fully saturated rings. The van der Waals surface area contributed by atoms with Crippen molar-refractivity contribution in [1.29, 1.82) is 0 Å². The molecule has 2 N–H and O–H groups in total. The van der Waals surface area contributed by atoms with Crippen LogP contribution in [0, 0.1) is 13.8 Å². The number of nitrogen functional groups attached to an aromatic ring is 1. The van der Waals surface area contributed by atoms with E-state index in [1.807, 2.05) is 50.2 Å². The van der Waals surface area contributed by atoms with E-state index >= 15 is 0 Å². The number of carbonyl (C=O) groups is 1. The molecule has 0 amide bonds. The highest BCUT2D eigenvalue weighted by Crippen LogP contribution is 2.23. The summed E-state index contributed by atoms with van der Waals surface area (Å²) in [6.07, 6.45) is 0.521. The molecule has 0 heterocycles. The minimum Gasteiger partial charge on any atom is -0.399 e. The Balaban J connectivity index is 2.12. The molecule has 2 heteroatoms. The van der Waals surface area contributed by atoms with Crippen molar-refractivity contribution in [3.63, 3.8) is 0 Å². The number of anilines is 1. The van der Waals surface area contributed by atoms with E-state index in [9.17, 15) is 4.79 Å². The number of Topliss-reactive ketones (excluding diaryl/α,β-unsaturated/α-hetero) is 1. The smallest absolute Gasteiger partial charge is 0.163 e. The van der Waals surface area contributed by atoms with Crippen molar-refractivity contribution >= 4 is 11.5 Å². The third-order valence-electron chi connectivity index (χ3n) is 3.54. The maximum atomic E-state index is 12.4. The fraction of sp³-hybridized carbons (Fsp3) is 0.278. The molecule has 104 valence electrons. The zero-order valence-corrected chi connectivity index (χ0v) is 12.3. The van der Waals surface area contributed by atoms with E-state index in [0.29, 0.717) is 6.42 Å². The lowest BCUT2D eigenvalue weighted by Gasteiger charge is -2.12. The number of hydrogen-bond donors (Lipinski definition) is 1. The quantitative estimate of drug-likeness (QED) is 0.664. The third kappa shape index (κ3) is 3.47. The summed E-state index contributed by atoms with van der Waals surface area (Å²) < 4.78 is 0. The molecular weight excluding hydrogens is 246 g/mol. The topological polar surface area (TPSA) is 43.1 Å². The van der Waals surface area contributed by atoms with Crippen LogP contribution >= 0.6 is 0 Å². The van der Waals surface area contributed by atoms with Gasteiger partial charge in [0.1, 0.15) is 0 Å². The lowest BCUT2D eigenvalue weighted by atomic mass is 9.92. The van der Waals surface area contributed by atoms with Crippen molar-refractivity contribution in [2.24, 2.45) is 0 Å². The van der Waals surface area contributed by atoms with Crippen LogP contribution in [0.3, 0.4) is 0 Å². The first-order chi connectivity index (χ1) is 9.45. The van der Waals surface area contributed by atoms with Crippen LogP contribution in [0.5, 0.6) is 0 Å². The molecule has 1 atom stereocenters. The summed E-state index contributed by atoms with van der Waals surface area (Å²) in [5, 5.41) is 0. The molecule has 0 aliphatic rings.